The highest BCUT2D eigenvalue weighted by Gasteiger charge is 2.24. The van der Waals surface area contributed by atoms with Crippen LogP contribution in [0.3, 0.4) is 0 Å². The number of benzene rings is 1. The van der Waals surface area contributed by atoms with Crippen LogP contribution in [0, 0.1) is 0 Å². The first-order valence-corrected chi connectivity index (χ1v) is 4.82. The van der Waals surface area contributed by atoms with Gasteiger partial charge in [-0.25, -0.2) is 0 Å². The number of nitrogens with two attached hydrogens (primary N) is 1. The maximum atomic E-state index is 11.3. The van der Waals surface area contributed by atoms with Gasteiger partial charge in [0.1, 0.15) is 12.1 Å². The first kappa shape index (κ1) is 14.9. The number of hydrogen-bond acceptors (Lipinski definition) is 4. The molecule has 2 unspecified atom stereocenters. The van der Waals surface area contributed by atoms with Crippen molar-refractivity contribution >= 4 is 18.4 Å². The molecule has 5 heteroatoms. The van der Waals surface area contributed by atoms with Crippen LogP contribution in [-0.2, 0) is 9.53 Å². The lowest BCUT2D eigenvalue weighted by Gasteiger charge is -2.17. The van der Waals surface area contributed by atoms with Crippen molar-refractivity contribution in [2.24, 2.45) is 5.73 Å². The molecule has 0 aliphatic rings. The fourth-order valence-corrected chi connectivity index (χ4v) is 1.22. The minimum absolute atomic E-state index is 0. The molecule has 0 aliphatic carbocycles. The first-order valence-electron chi connectivity index (χ1n) is 4.82. The number of ether oxygens (including phenoxy) is 1. The second kappa shape index (κ2) is 7.22. The highest BCUT2D eigenvalue weighted by molar-refractivity contribution is 5.85. The molecule has 90 valence electrons. The number of rotatable bonds is 4. The van der Waals surface area contributed by atoms with Crippen LogP contribution in [0.25, 0.3) is 0 Å². The van der Waals surface area contributed by atoms with E-state index in [1.807, 2.05) is 6.07 Å². The molecule has 0 saturated carbocycles. The van der Waals surface area contributed by atoms with Crippen molar-refractivity contribution in [2.45, 2.75) is 19.1 Å². The molecule has 0 saturated heterocycles. The van der Waals surface area contributed by atoms with Crippen LogP contribution < -0.4 is 5.73 Å². The number of aliphatic hydroxyl groups excluding tert-OH is 1. The van der Waals surface area contributed by atoms with E-state index in [1.54, 1.807) is 31.2 Å². The molecule has 4 nitrogen and oxygen atoms in total. The molecule has 1 aromatic carbocycles. The molecule has 0 radical (unpaired) electrons. The zero-order chi connectivity index (χ0) is 11.3. The summed E-state index contributed by atoms with van der Waals surface area (Å²) >= 11 is 0. The average Bonchev–Trinajstić information content (AvgIpc) is 2.28. The smallest absolute Gasteiger partial charge is 0.325 e. The summed E-state index contributed by atoms with van der Waals surface area (Å²) in [6, 6.07) is 7.76. The van der Waals surface area contributed by atoms with Crippen LogP contribution in [0.2, 0.25) is 0 Å². The SMILES string of the molecule is CCOC(=O)C(N)C(O)c1ccccc1.Cl. The van der Waals surface area contributed by atoms with Crippen LogP contribution in [0.4, 0.5) is 0 Å². The van der Waals surface area contributed by atoms with Crippen LogP contribution in [0.1, 0.15) is 18.6 Å². The second-order valence-corrected chi connectivity index (χ2v) is 3.13. The Balaban J connectivity index is 0.00000225. The molecule has 1 rings (SSSR count). The largest absolute Gasteiger partial charge is 0.465 e. The Labute approximate surface area is 101 Å². The topological polar surface area (TPSA) is 72.5 Å². The lowest BCUT2D eigenvalue weighted by Crippen LogP contribution is -2.38. The highest BCUT2D eigenvalue weighted by Crippen LogP contribution is 2.15. The maximum Gasteiger partial charge on any atom is 0.325 e. The molecule has 3 N–H and O–H groups in total. The molecule has 0 aromatic heterocycles. The monoisotopic (exact) mass is 245 g/mol. The van der Waals surface area contributed by atoms with E-state index < -0.39 is 18.1 Å². The van der Waals surface area contributed by atoms with Crippen molar-refractivity contribution < 1.29 is 14.6 Å². The predicted molar refractivity (Wildman–Crippen MR) is 63.3 cm³/mol. The normalized spacial score (nSPS) is 13.4. The Morgan fingerprint density at radius 1 is 1.44 bits per heavy atom. The summed E-state index contributed by atoms with van der Waals surface area (Å²) in [6.45, 7) is 1.95. The summed E-state index contributed by atoms with van der Waals surface area (Å²) in [5.41, 5.74) is 6.16. The van der Waals surface area contributed by atoms with E-state index in [0.29, 0.717) is 5.56 Å². The lowest BCUT2D eigenvalue weighted by atomic mass is 10.0. The molecule has 0 heterocycles. The summed E-state index contributed by atoms with van der Waals surface area (Å²) in [5.74, 6) is -0.589. The van der Waals surface area contributed by atoms with Crippen molar-refractivity contribution in [1.29, 1.82) is 0 Å². The van der Waals surface area contributed by atoms with Gasteiger partial charge in [0.15, 0.2) is 0 Å². The summed E-state index contributed by atoms with van der Waals surface area (Å²) in [5, 5.41) is 9.76. The van der Waals surface area contributed by atoms with Gasteiger partial charge in [0, 0.05) is 0 Å². The molecule has 2 atom stereocenters. The van der Waals surface area contributed by atoms with E-state index in [0.717, 1.165) is 0 Å². The fraction of sp³-hybridized carbons (Fsp3) is 0.364. The van der Waals surface area contributed by atoms with Gasteiger partial charge in [-0.2, -0.15) is 0 Å². The summed E-state index contributed by atoms with van der Waals surface area (Å²) < 4.78 is 4.72. The second-order valence-electron chi connectivity index (χ2n) is 3.13. The van der Waals surface area contributed by atoms with E-state index in [-0.39, 0.29) is 19.0 Å². The Morgan fingerprint density at radius 2 is 2.00 bits per heavy atom. The average molecular weight is 246 g/mol. The van der Waals surface area contributed by atoms with Gasteiger partial charge in [0.05, 0.1) is 6.61 Å². The van der Waals surface area contributed by atoms with Crippen molar-refractivity contribution in [3.8, 4) is 0 Å². The van der Waals surface area contributed by atoms with E-state index in [1.165, 1.54) is 0 Å². The van der Waals surface area contributed by atoms with Gasteiger partial charge < -0.3 is 15.6 Å². The zero-order valence-corrected chi connectivity index (χ0v) is 9.81. The predicted octanol–water partition coefficient (Wildman–Crippen LogP) is 1.03. The molecule has 0 spiro atoms. The molecule has 0 aliphatic heterocycles. The van der Waals surface area contributed by atoms with Gasteiger partial charge in [0.2, 0.25) is 0 Å². The van der Waals surface area contributed by atoms with Crippen molar-refractivity contribution in [3.63, 3.8) is 0 Å². The number of esters is 1. The summed E-state index contributed by atoms with van der Waals surface area (Å²) in [6.07, 6.45) is -1.02. The van der Waals surface area contributed by atoms with Crippen molar-refractivity contribution in [3.05, 3.63) is 35.9 Å². The Bertz CT molecular complexity index is 318. The fourth-order valence-electron chi connectivity index (χ4n) is 1.22. The van der Waals surface area contributed by atoms with Crippen LogP contribution in [0.15, 0.2) is 30.3 Å². The molecular weight excluding hydrogens is 230 g/mol. The van der Waals surface area contributed by atoms with Crippen molar-refractivity contribution in [1.82, 2.24) is 0 Å². The molecule has 0 amide bonds. The van der Waals surface area contributed by atoms with Crippen molar-refractivity contribution in [2.75, 3.05) is 6.61 Å². The Hall–Kier alpha value is -1.10. The van der Waals surface area contributed by atoms with Gasteiger partial charge in [-0.15, -0.1) is 12.4 Å². The van der Waals surface area contributed by atoms with Gasteiger partial charge in [-0.05, 0) is 12.5 Å². The lowest BCUT2D eigenvalue weighted by molar-refractivity contribution is -0.147. The standard InChI is InChI=1S/C11H15NO3.ClH/c1-2-15-11(14)9(12)10(13)8-6-4-3-5-7-8;/h3-7,9-10,13H,2,12H2,1H3;1H. The number of carbonyl (C=O) groups is 1. The zero-order valence-electron chi connectivity index (χ0n) is 9.00. The Morgan fingerprint density at radius 3 is 2.50 bits per heavy atom. The van der Waals surface area contributed by atoms with Crippen LogP contribution >= 0.6 is 12.4 Å². The van der Waals surface area contributed by atoms with Gasteiger partial charge in [-0.1, -0.05) is 30.3 Å². The minimum Gasteiger partial charge on any atom is -0.465 e. The molecule has 0 fully saturated rings. The van der Waals surface area contributed by atoms with E-state index >= 15 is 0 Å². The van der Waals surface area contributed by atoms with Crippen LogP contribution in [-0.4, -0.2) is 23.7 Å². The quantitative estimate of drug-likeness (QED) is 0.778. The van der Waals surface area contributed by atoms with Crippen LogP contribution in [0.5, 0.6) is 0 Å². The number of hydrogen-bond donors (Lipinski definition) is 2. The van der Waals surface area contributed by atoms with E-state index in [9.17, 15) is 9.90 Å². The van der Waals surface area contributed by atoms with Gasteiger partial charge in [0.25, 0.3) is 0 Å². The third kappa shape index (κ3) is 3.81. The van der Waals surface area contributed by atoms with Gasteiger partial charge in [-0.3, -0.25) is 4.79 Å². The maximum absolute atomic E-state index is 11.3. The first-order chi connectivity index (χ1) is 7.16. The van der Waals surface area contributed by atoms with Gasteiger partial charge >= 0.3 is 5.97 Å². The number of aliphatic hydroxyl groups is 1. The molecule has 1 aromatic rings. The van der Waals surface area contributed by atoms with E-state index in [4.69, 9.17) is 10.5 Å². The minimum atomic E-state index is -1.03. The highest BCUT2D eigenvalue weighted by atomic mass is 35.5. The third-order valence-electron chi connectivity index (χ3n) is 2.04. The molecule has 0 bridgehead atoms. The molecule has 16 heavy (non-hydrogen) atoms. The summed E-state index contributed by atoms with van der Waals surface area (Å²) in [4.78, 5) is 11.3. The summed E-state index contributed by atoms with van der Waals surface area (Å²) in [7, 11) is 0. The Kier molecular flexibility index (Phi) is 6.72. The third-order valence-corrected chi connectivity index (χ3v) is 2.04. The molecular formula is C11H16ClNO3. The number of carbonyl (C=O) groups excluding carboxylic acids is 1. The van der Waals surface area contributed by atoms with E-state index in [2.05, 4.69) is 0 Å². The number of halogens is 1.